The summed E-state index contributed by atoms with van der Waals surface area (Å²) in [6.45, 7) is 2.26. The van der Waals surface area contributed by atoms with Crippen LogP contribution >= 0.6 is 23.2 Å². The number of hydrogen-bond donors (Lipinski definition) is 1. The molecule has 2 aromatic heterocycles. The molecule has 3 aromatic rings. The van der Waals surface area contributed by atoms with E-state index in [0.29, 0.717) is 33.7 Å². The molecule has 124 valence electrons. The van der Waals surface area contributed by atoms with Crippen molar-refractivity contribution in [1.82, 2.24) is 15.1 Å². The number of amides is 1. The SMILES string of the molecule is Cc1ccc(-c2cc(C(=O)N(C)Cc3ccc(Cl)c(Cl)c3)n[nH]2)o1. The maximum Gasteiger partial charge on any atom is 0.274 e. The molecule has 0 saturated carbocycles. The number of benzene rings is 1. The maximum absolute atomic E-state index is 12.5. The van der Waals surface area contributed by atoms with Gasteiger partial charge >= 0.3 is 0 Å². The lowest BCUT2D eigenvalue weighted by molar-refractivity contribution is 0.0779. The number of carbonyl (C=O) groups is 1. The van der Waals surface area contributed by atoms with Crippen LogP contribution in [0.25, 0.3) is 11.5 Å². The number of rotatable bonds is 4. The first-order chi connectivity index (χ1) is 11.4. The van der Waals surface area contributed by atoms with Gasteiger partial charge in [-0.25, -0.2) is 0 Å². The molecule has 1 amide bonds. The van der Waals surface area contributed by atoms with Crippen LogP contribution in [0.2, 0.25) is 10.0 Å². The fraction of sp³-hybridized carbons (Fsp3) is 0.176. The molecule has 0 spiro atoms. The monoisotopic (exact) mass is 363 g/mol. The molecular formula is C17H15Cl2N3O2. The van der Waals surface area contributed by atoms with Crippen molar-refractivity contribution in [2.24, 2.45) is 0 Å². The normalized spacial score (nSPS) is 10.8. The number of furan rings is 1. The van der Waals surface area contributed by atoms with Crippen LogP contribution in [0.15, 0.2) is 40.8 Å². The second-order valence-electron chi connectivity index (χ2n) is 5.49. The molecule has 0 saturated heterocycles. The number of aromatic nitrogens is 2. The summed E-state index contributed by atoms with van der Waals surface area (Å²) in [5, 5.41) is 7.84. The van der Waals surface area contributed by atoms with Crippen molar-refractivity contribution in [2.45, 2.75) is 13.5 Å². The lowest BCUT2D eigenvalue weighted by atomic mass is 10.2. The number of carbonyl (C=O) groups excluding carboxylic acids is 1. The van der Waals surface area contributed by atoms with Crippen LogP contribution in [0.4, 0.5) is 0 Å². The van der Waals surface area contributed by atoms with Gasteiger partial charge in [0, 0.05) is 19.7 Å². The van der Waals surface area contributed by atoms with Crippen LogP contribution in [-0.2, 0) is 6.54 Å². The van der Waals surface area contributed by atoms with Crippen LogP contribution in [0, 0.1) is 6.92 Å². The fourth-order valence-electron chi connectivity index (χ4n) is 2.32. The standard InChI is InChI=1S/C17H15Cl2N3O2/c1-10-3-6-16(24-10)14-8-15(21-20-14)17(23)22(2)9-11-4-5-12(18)13(19)7-11/h3-8H,9H2,1-2H3,(H,20,21). The molecule has 0 unspecified atom stereocenters. The van der Waals surface area contributed by atoms with E-state index in [9.17, 15) is 4.79 Å². The summed E-state index contributed by atoms with van der Waals surface area (Å²) >= 11 is 11.9. The van der Waals surface area contributed by atoms with Crippen molar-refractivity contribution in [3.63, 3.8) is 0 Å². The van der Waals surface area contributed by atoms with Crippen LogP contribution in [0.3, 0.4) is 0 Å². The highest BCUT2D eigenvalue weighted by Gasteiger charge is 2.17. The number of hydrogen-bond acceptors (Lipinski definition) is 3. The summed E-state index contributed by atoms with van der Waals surface area (Å²) in [6.07, 6.45) is 0. The highest BCUT2D eigenvalue weighted by atomic mass is 35.5. The molecule has 24 heavy (non-hydrogen) atoms. The average Bonchev–Trinajstić information content (AvgIpc) is 3.19. The number of H-pyrrole nitrogens is 1. The minimum Gasteiger partial charge on any atom is -0.460 e. The van der Waals surface area contributed by atoms with Crippen LogP contribution in [0.5, 0.6) is 0 Å². The highest BCUT2D eigenvalue weighted by molar-refractivity contribution is 6.42. The zero-order chi connectivity index (χ0) is 17.3. The van der Waals surface area contributed by atoms with Gasteiger partial charge in [0.2, 0.25) is 0 Å². The van der Waals surface area contributed by atoms with Crippen molar-refractivity contribution < 1.29 is 9.21 Å². The predicted molar refractivity (Wildman–Crippen MR) is 93.3 cm³/mol. The van der Waals surface area contributed by atoms with Gasteiger partial charge in [0.15, 0.2) is 11.5 Å². The molecule has 7 heteroatoms. The van der Waals surface area contributed by atoms with E-state index in [1.54, 1.807) is 30.1 Å². The van der Waals surface area contributed by atoms with Gasteiger partial charge in [-0.1, -0.05) is 29.3 Å². The van der Waals surface area contributed by atoms with Crippen molar-refractivity contribution >= 4 is 29.1 Å². The Bertz CT molecular complexity index is 886. The van der Waals surface area contributed by atoms with E-state index in [0.717, 1.165) is 11.3 Å². The maximum atomic E-state index is 12.5. The number of aryl methyl sites for hydroxylation is 1. The minimum atomic E-state index is -0.202. The Hall–Kier alpha value is -2.24. The third-order valence-corrected chi connectivity index (χ3v) is 4.29. The Balaban J connectivity index is 1.73. The summed E-state index contributed by atoms with van der Waals surface area (Å²) in [4.78, 5) is 14.1. The largest absolute Gasteiger partial charge is 0.460 e. The smallest absolute Gasteiger partial charge is 0.274 e. The third kappa shape index (κ3) is 3.47. The van der Waals surface area contributed by atoms with Gasteiger partial charge in [0.1, 0.15) is 11.5 Å². The lowest BCUT2D eigenvalue weighted by Crippen LogP contribution is -2.26. The second-order valence-corrected chi connectivity index (χ2v) is 6.30. The van der Waals surface area contributed by atoms with Gasteiger partial charge in [-0.3, -0.25) is 9.89 Å². The third-order valence-electron chi connectivity index (χ3n) is 3.55. The molecule has 0 fully saturated rings. The zero-order valence-corrected chi connectivity index (χ0v) is 14.6. The summed E-state index contributed by atoms with van der Waals surface area (Å²) in [5.74, 6) is 1.24. The zero-order valence-electron chi connectivity index (χ0n) is 13.1. The Labute approximate surface area is 149 Å². The number of aromatic amines is 1. The van der Waals surface area contributed by atoms with E-state index in [-0.39, 0.29) is 5.91 Å². The van der Waals surface area contributed by atoms with Crippen molar-refractivity contribution in [3.8, 4) is 11.5 Å². The van der Waals surface area contributed by atoms with E-state index in [1.165, 1.54) is 0 Å². The number of nitrogens with one attached hydrogen (secondary N) is 1. The molecule has 0 aliphatic heterocycles. The Morgan fingerprint density at radius 1 is 1.21 bits per heavy atom. The fourth-order valence-corrected chi connectivity index (χ4v) is 2.64. The number of halogens is 2. The van der Waals surface area contributed by atoms with Crippen LogP contribution in [-0.4, -0.2) is 28.1 Å². The van der Waals surface area contributed by atoms with E-state index in [4.69, 9.17) is 27.6 Å². The van der Waals surface area contributed by atoms with Gasteiger partial charge in [0.25, 0.3) is 5.91 Å². The van der Waals surface area contributed by atoms with Gasteiger partial charge in [-0.15, -0.1) is 0 Å². The first-order valence-corrected chi connectivity index (χ1v) is 8.01. The van der Waals surface area contributed by atoms with Gasteiger partial charge < -0.3 is 9.32 Å². The number of nitrogens with zero attached hydrogens (tertiary/aromatic N) is 2. The summed E-state index contributed by atoms with van der Waals surface area (Å²) in [6, 6.07) is 10.6. The molecule has 0 aliphatic carbocycles. The summed E-state index contributed by atoms with van der Waals surface area (Å²) in [5.41, 5.74) is 1.87. The molecular weight excluding hydrogens is 349 g/mol. The Kier molecular flexibility index (Phi) is 4.64. The molecule has 1 N–H and O–H groups in total. The predicted octanol–water partition coefficient (Wildman–Crippen LogP) is 4.56. The average molecular weight is 364 g/mol. The van der Waals surface area contributed by atoms with Crippen molar-refractivity contribution in [3.05, 3.63) is 63.5 Å². The molecule has 0 aliphatic rings. The van der Waals surface area contributed by atoms with Crippen molar-refractivity contribution in [2.75, 3.05) is 7.05 Å². The summed E-state index contributed by atoms with van der Waals surface area (Å²) < 4.78 is 5.52. The molecule has 1 aromatic carbocycles. The lowest BCUT2D eigenvalue weighted by Gasteiger charge is -2.16. The highest BCUT2D eigenvalue weighted by Crippen LogP contribution is 2.24. The molecule has 0 atom stereocenters. The second kappa shape index (κ2) is 6.71. The van der Waals surface area contributed by atoms with Gasteiger partial charge in [-0.05, 0) is 36.8 Å². The molecule has 3 rings (SSSR count). The van der Waals surface area contributed by atoms with Crippen LogP contribution in [0.1, 0.15) is 21.8 Å². The van der Waals surface area contributed by atoms with E-state index in [1.807, 2.05) is 25.1 Å². The molecule has 5 nitrogen and oxygen atoms in total. The molecule has 2 heterocycles. The summed E-state index contributed by atoms with van der Waals surface area (Å²) in [7, 11) is 1.70. The topological polar surface area (TPSA) is 62.1 Å². The van der Waals surface area contributed by atoms with Gasteiger partial charge in [-0.2, -0.15) is 5.10 Å². The quantitative estimate of drug-likeness (QED) is 0.738. The minimum absolute atomic E-state index is 0.202. The van der Waals surface area contributed by atoms with E-state index in [2.05, 4.69) is 10.2 Å². The van der Waals surface area contributed by atoms with E-state index >= 15 is 0 Å². The first-order valence-electron chi connectivity index (χ1n) is 7.25. The molecule has 0 bridgehead atoms. The van der Waals surface area contributed by atoms with E-state index < -0.39 is 0 Å². The van der Waals surface area contributed by atoms with Crippen molar-refractivity contribution in [1.29, 1.82) is 0 Å². The Morgan fingerprint density at radius 2 is 2.00 bits per heavy atom. The molecule has 0 radical (unpaired) electrons. The van der Waals surface area contributed by atoms with Crippen LogP contribution < -0.4 is 0 Å². The Morgan fingerprint density at radius 3 is 2.67 bits per heavy atom. The van der Waals surface area contributed by atoms with Gasteiger partial charge in [0.05, 0.1) is 10.0 Å². The first kappa shape index (κ1) is 16.6.